The molecular formula is C13H22BrN3O. The molecule has 0 aliphatic rings. The molecule has 1 aromatic rings. The predicted molar refractivity (Wildman–Crippen MR) is 76.5 cm³/mol. The summed E-state index contributed by atoms with van der Waals surface area (Å²) < 4.78 is 2.79. The number of unbranched alkanes of at least 4 members (excludes halogenated alkanes) is 2. The maximum Gasteiger partial charge on any atom is 0.138 e. The minimum Gasteiger partial charge on any atom is -0.330 e. The molecule has 1 aromatic heterocycles. The van der Waals surface area contributed by atoms with Gasteiger partial charge in [-0.15, -0.1) is 0 Å². The summed E-state index contributed by atoms with van der Waals surface area (Å²) in [6.45, 7) is 2.77. The van der Waals surface area contributed by atoms with E-state index in [1.54, 1.807) is 4.68 Å². The molecule has 0 fully saturated rings. The van der Waals surface area contributed by atoms with Crippen molar-refractivity contribution in [2.45, 2.75) is 45.4 Å². The van der Waals surface area contributed by atoms with Crippen molar-refractivity contribution < 1.29 is 4.79 Å². The lowest BCUT2D eigenvalue weighted by Gasteiger charge is -2.03. The summed E-state index contributed by atoms with van der Waals surface area (Å²) in [5.41, 5.74) is 7.42. The molecule has 0 unspecified atom stereocenters. The summed E-state index contributed by atoms with van der Waals surface area (Å²) in [7, 11) is 1.89. The lowest BCUT2D eigenvalue weighted by Crippen LogP contribution is -2.08. The van der Waals surface area contributed by atoms with Crippen molar-refractivity contribution in [3.63, 3.8) is 0 Å². The second kappa shape index (κ2) is 7.69. The molecular weight excluding hydrogens is 294 g/mol. The van der Waals surface area contributed by atoms with Crippen LogP contribution in [0.4, 0.5) is 0 Å². The highest BCUT2D eigenvalue weighted by Gasteiger charge is 2.15. The summed E-state index contributed by atoms with van der Waals surface area (Å²) >= 11 is 3.53. The summed E-state index contributed by atoms with van der Waals surface area (Å²) in [5.74, 6) is 0.276. The Morgan fingerprint density at radius 2 is 2.11 bits per heavy atom. The van der Waals surface area contributed by atoms with Gasteiger partial charge in [0, 0.05) is 19.9 Å². The third kappa shape index (κ3) is 4.21. The van der Waals surface area contributed by atoms with Crippen LogP contribution in [0.15, 0.2) is 4.47 Å². The lowest BCUT2D eigenvalue weighted by atomic mass is 10.1. The Morgan fingerprint density at radius 3 is 2.67 bits per heavy atom. The molecule has 5 heteroatoms. The van der Waals surface area contributed by atoms with Crippen molar-refractivity contribution in [1.82, 2.24) is 9.78 Å². The molecule has 0 atom stereocenters. The maximum absolute atomic E-state index is 11.9. The first-order chi connectivity index (χ1) is 8.60. The summed E-state index contributed by atoms with van der Waals surface area (Å²) in [4.78, 5) is 11.9. The number of carbonyl (C=O) groups is 1. The van der Waals surface area contributed by atoms with Crippen LogP contribution in [0.1, 0.15) is 44.0 Å². The molecule has 1 rings (SSSR count). The van der Waals surface area contributed by atoms with E-state index in [0.29, 0.717) is 19.4 Å². The van der Waals surface area contributed by atoms with Crippen molar-refractivity contribution >= 4 is 21.7 Å². The van der Waals surface area contributed by atoms with Gasteiger partial charge in [-0.1, -0.05) is 13.3 Å². The number of aromatic nitrogens is 2. The topological polar surface area (TPSA) is 60.9 Å². The molecule has 0 saturated carbocycles. The van der Waals surface area contributed by atoms with E-state index in [-0.39, 0.29) is 5.78 Å². The highest BCUT2D eigenvalue weighted by molar-refractivity contribution is 9.10. The number of hydrogen-bond donors (Lipinski definition) is 1. The van der Waals surface area contributed by atoms with Crippen LogP contribution in [-0.4, -0.2) is 22.1 Å². The van der Waals surface area contributed by atoms with E-state index in [0.717, 1.165) is 41.5 Å². The number of aryl methyl sites for hydroxylation is 2. The Bertz CT molecular complexity index is 401. The van der Waals surface area contributed by atoms with Crippen molar-refractivity contribution in [2.24, 2.45) is 12.8 Å². The van der Waals surface area contributed by atoms with Crippen LogP contribution in [0.25, 0.3) is 0 Å². The van der Waals surface area contributed by atoms with E-state index in [9.17, 15) is 4.79 Å². The Labute approximate surface area is 117 Å². The fraction of sp³-hybridized carbons (Fsp3) is 0.692. The Morgan fingerprint density at radius 1 is 1.39 bits per heavy atom. The largest absolute Gasteiger partial charge is 0.330 e. The summed E-state index contributed by atoms with van der Waals surface area (Å²) in [5, 5.41) is 4.39. The van der Waals surface area contributed by atoms with E-state index >= 15 is 0 Å². The van der Waals surface area contributed by atoms with Gasteiger partial charge in [-0.25, -0.2) is 0 Å². The van der Waals surface area contributed by atoms with Crippen LogP contribution in [0.2, 0.25) is 0 Å². The van der Waals surface area contributed by atoms with Crippen molar-refractivity contribution in [3.05, 3.63) is 15.9 Å². The number of hydrogen-bond acceptors (Lipinski definition) is 3. The Kier molecular flexibility index (Phi) is 6.57. The average molecular weight is 316 g/mol. The second-order valence-corrected chi connectivity index (χ2v) is 5.29. The van der Waals surface area contributed by atoms with Crippen LogP contribution in [0.5, 0.6) is 0 Å². The van der Waals surface area contributed by atoms with Gasteiger partial charge in [0.05, 0.1) is 15.9 Å². The average Bonchev–Trinajstić information content (AvgIpc) is 2.62. The van der Waals surface area contributed by atoms with E-state index in [1.807, 2.05) is 7.05 Å². The summed E-state index contributed by atoms with van der Waals surface area (Å²) in [6, 6.07) is 0. The minimum atomic E-state index is 0.276. The third-order valence-electron chi connectivity index (χ3n) is 3.03. The molecule has 0 saturated heterocycles. The molecule has 0 aliphatic heterocycles. The van der Waals surface area contributed by atoms with Crippen molar-refractivity contribution in [3.8, 4) is 0 Å². The zero-order chi connectivity index (χ0) is 13.5. The SMILES string of the molecule is CCc1nn(C)c(CC(=O)CCCCCN)c1Br. The van der Waals surface area contributed by atoms with Crippen LogP contribution in [-0.2, 0) is 24.7 Å². The molecule has 0 amide bonds. The van der Waals surface area contributed by atoms with Gasteiger partial charge in [-0.2, -0.15) is 5.10 Å². The number of nitrogens with two attached hydrogens (primary N) is 1. The zero-order valence-electron chi connectivity index (χ0n) is 11.2. The molecule has 18 heavy (non-hydrogen) atoms. The fourth-order valence-corrected chi connectivity index (χ4v) is 2.69. The monoisotopic (exact) mass is 315 g/mol. The maximum atomic E-state index is 11.9. The molecule has 0 aliphatic carbocycles. The number of rotatable bonds is 8. The molecule has 102 valence electrons. The second-order valence-electron chi connectivity index (χ2n) is 4.50. The molecule has 1 heterocycles. The number of Topliss-reactive ketones (excluding diaryl/α,β-unsaturated/α-hetero) is 1. The predicted octanol–water partition coefficient (Wildman–Crippen LogP) is 2.38. The Balaban J connectivity index is 2.51. The number of halogens is 1. The van der Waals surface area contributed by atoms with Gasteiger partial charge in [0.1, 0.15) is 5.78 Å². The molecule has 2 N–H and O–H groups in total. The van der Waals surface area contributed by atoms with Gasteiger partial charge in [-0.05, 0) is 41.7 Å². The number of carbonyl (C=O) groups excluding carboxylic acids is 1. The van der Waals surface area contributed by atoms with E-state index in [2.05, 4.69) is 28.0 Å². The van der Waals surface area contributed by atoms with Gasteiger partial charge in [0.2, 0.25) is 0 Å². The van der Waals surface area contributed by atoms with Crippen LogP contribution in [0.3, 0.4) is 0 Å². The van der Waals surface area contributed by atoms with Gasteiger partial charge >= 0.3 is 0 Å². The minimum absolute atomic E-state index is 0.276. The van der Waals surface area contributed by atoms with Crippen LogP contribution >= 0.6 is 15.9 Å². The number of ketones is 1. The smallest absolute Gasteiger partial charge is 0.138 e. The molecule has 0 spiro atoms. The fourth-order valence-electron chi connectivity index (χ4n) is 1.93. The first-order valence-corrected chi connectivity index (χ1v) is 7.31. The van der Waals surface area contributed by atoms with Gasteiger partial charge in [-0.3, -0.25) is 9.48 Å². The van der Waals surface area contributed by atoms with E-state index < -0.39 is 0 Å². The highest BCUT2D eigenvalue weighted by Crippen LogP contribution is 2.22. The van der Waals surface area contributed by atoms with Gasteiger partial charge in [0.25, 0.3) is 0 Å². The molecule has 4 nitrogen and oxygen atoms in total. The number of nitrogens with zero attached hydrogens (tertiary/aromatic N) is 2. The lowest BCUT2D eigenvalue weighted by molar-refractivity contribution is -0.118. The first-order valence-electron chi connectivity index (χ1n) is 6.52. The highest BCUT2D eigenvalue weighted by atomic mass is 79.9. The third-order valence-corrected chi connectivity index (χ3v) is 3.94. The molecule has 0 radical (unpaired) electrons. The quantitative estimate of drug-likeness (QED) is 0.749. The normalized spacial score (nSPS) is 10.9. The van der Waals surface area contributed by atoms with E-state index in [4.69, 9.17) is 5.73 Å². The molecule has 0 bridgehead atoms. The van der Waals surface area contributed by atoms with Crippen LogP contribution in [0, 0.1) is 0 Å². The summed E-state index contributed by atoms with van der Waals surface area (Å²) in [6.07, 6.45) is 4.95. The first kappa shape index (κ1) is 15.4. The van der Waals surface area contributed by atoms with Crippen molar-refractivity contribution in [1.29, 1.82) is 0 Å². The van der Waals surface area contributed by atoms with Crippen LogP contribution < -0.4 is 5.73 Å². The molecule has 0 aromatic carbocycles. The van der Waals surface area contributed by atoms with E-state index in [1.165, 1.54) is 0 Å². The van der Waals surface area contributed by atoms with Gasteiger partial charge < -0.3 is 5.73 Å². The Hall–Kier alpha value is -0.680. The zero-order valence-corrected chi connectivity index (χ0v) is 12.8. The standard InChI is InChI=1S/C13H22BrN3O/c1-3-11-13(14)12(17(2)16-11)9-10(18)7-5-4-6-8-15/h3-9,15H2,1-2H3. The van der Waals surface area contributed by atoms with Gasteiger partial charge in [0.15, 0.2) is 0 Å². The van der Waals surface area contributed by atoms with Crippen molar-refractivity contribution in [2.75, 3.05) is 6.54 Å².